The van der Waals surface area contributed by atoms with Crippen LogP contribution in [0.3, 0.4) is 0 Å². The van der Waals surface area contributed by atoms with Crippen molar-refractivity contribution in [1.29, 1.82) is 0 Å². The molecule has 0 radical (unpaired) electrons. The Hall–Kier alpha value is -2.37. The molecule has 132 valence electrons. The molecular formula is C19H22ClN3O2. The highest BCUT2D eigenvalue weighted by Crippen LogP contribution is 2.18. The van der Waals surface area contributed by atoms with Crippen molar-refractivity contribution in [1.82, 2.24) is 4.90 Å². The second-order valence-corrected chi connectivity index (χ2v) is 6.41. The molecule has 0 aliphatic rings. The molecule has 0 saturated carbocycles. The van der Waals surface area contributed by atoms with Crippen LogP contribution >= 0.6 is 11.6 Å². The molecule has 0 aromatic heterocycles. The molecule has 0 unspecified atom stereocenters. The van der Waals surface area contributed by atoms with Gasteiger partial charge in [0.15, 0.2) is 0 Å². The van der Waals surface area contributed by atoms with E-state index in [4.69, 9.17) is 11.6 Å². The third kappa shape index (κ3) is 6.57. The Kier molecular flexibility index (Phi) is 6.98. The summed E-state index contributed by atoms with van der Waals surface area (Å²) in [5, 5.41) is 6.31. The molecule has 2 rings (SSSR count). The molecule has 2 amide bonds. The quantitative estimate of drug-likeness (QED) is 0.796. The van der Waals surface area contributed by atoms with Gasteiger partial charge in [0.25, 0.3) is 0 Å². The lowest BCUT2D eigenvalue weighted by Crippen LogP contribution is -2.27. The molecular weight excluding hydrogens is 338 g/mol. The van der Waals surface area contributed by atoms with Crippen molar-refractivity contribution < 1.29 is 9.59 Å². The summed E-state index contributed by atoms with van der Waals surface area (Å²) in [5.74, 6) is -0.161. The Balaban J connectivity index is 1.83. The molecule has 0 fully saturated rings. The smallest absolute Gasteiger partial charge is 0.238 e. The SMILES string of the molecule is CN(C)CC(=O)Nc1ccc(NC(=O)CCc2ccccc2Cl)cc1. The van der Waals surface area contributed by atoms with Gasteiger partial charge in [0.2, 0.25) is 11.8 Å². The van der Waals surface area contributed by atoms with Gasteiger partial charge in [-0.2, -0.15) is 0 Å². The minimum atomic E-state index is -0.0819. The van der Waals surface area contributed by atoms with Crippen LogP contribution in [0.1, 0.15) is 12.0 Å². The summed E-state index contributed by atoms with van der Waals surface area (Å²) in [4.78, 5) is 25.5. The van der Waals surface area contributed by atoms with Gasteiger partial charge in [0.05, 0.1) is 6.54 Å². The first kappa shape index (κ1) is 19.0. The fraction of sp³-hybridized carbons (Fsp3) is 0.263. The van der Waals surface area contributed by atoms with Gasteiger partial charge in [-0.25, -0.2) is 0 Å². The van der Waals surface area contributed by atoms with Gasteiger partial charge in [-0.3, -0.25) is 9.59 Å². The molecule has 0 bridgehead atoms. The molecule has 0 heterocycles. The first-order chi connectivity index (χ1) is 11.9. The number of benzene rings is 2. The molecule has 2 aromatic carbocycles. The zero-order chi connectivity index (χ0) is 18.2. The predicted molar refractivity (Wildman–Crippen MR) is 102 cm³/mol. The third-order valence-electron chi connectivity index (χ3n) is 3.49. The van der Waals surface area contributed by atoms with Gasteiger partial charge in [-0.1, -0.05) is 29.8 Å². The summed E-state index contributed by atoms with van der Waals surface area (Å²) in [7, 11) is 3.67. The molecule has 0 saturated heterocycles. The number of aryl methyl sites for hydroxylation is 1. The highest BCUT2D eigenvalue weighted by Gasteiger charge is 2.07. The van der Waals surface area contributed by atoms with Crippen LogP contribution in [0.25, 0.3) is 0 Å². The number of hydrogen-bond donors (Lipinski definition) is 2. The van der Waals surface area contributed by atoms with Crippen molar-refractivity contribution in [3.8, 4) is 0 Å². The Morgan fingerprint density at radius 1 is 0.920 bits per heavy atom. The summed E-state index contributed by atoms with van der Waals surface area (Å²) >= 11 is 6.09. The number of likely N-dealkylation sites (N-methyl/N-ethyl adjacent to an activating group) is 1. The van der Waals surface area contributed by atoms with Crippen LogP contribution in [0.15, 0.2) is 48.5 Å². The third-order valence-corrected chi connectivity index (χ3v) is 3.86. The number of carbonyl (C=O) groups excluding carboxylic acids is 2. The largest absolute Gasteiger partial charge is 0.326 e. The zero-order valence-electron chi connectivity index (χ0n) is 14.4. The van der Waals surface area contributed by atoms with Crippen molar-refractivity contribution >= 4 is 34.8 Å². The van der Waals surface area contributed by atoms with E-state index in [1.54, 1.807) is 29.2 Å². The van der Waals surface area contributed by atoms with Gasteiger partial charge in [-0.05, 0) is 56.4 Å². The second kappa shape index (κ2) is 9.20. The maximum Gasteiger partial charge on any atom is 0.238 e. The fourth-order valence-electron chi connectivity index (χ4n) is 2.30. The van der Waals surface area contributed by atoms with Crippen molar-refractivity contribution in [3.63, 3.8) is 0 Å². The number of hydrogen-bond acceptors (Lipinski definition) is 3. The molecule has 5 nitrogen and oxygen atoms in total. The zero-order valence-corrected chi connectivity index (χ0v) is 15.1. The maximum absolute atomic E-state index is 12.1. The molecule has 0 atom stereocenters. The summed E-state index contributed by atoms with van der Waals surface area (Å²) in [6.45, 7) is 0.320. The number of nitrogens with zero attached hydrogens (tertiary/aromatic N) is 1. The molecule has 0 spiro atoms. The molecule has 2 N–H and O–H groups in total. The number of rotatable bonds is 7. The van der Waals surface area contributed by atoms with Gasteiger partial charge < -0.3 is 15.5 Å². The first-order valence-electron chi connectivity index (χ1n) is 8.02. The van der Waals surface area contributed by atoms with Gasteiger partial charge >= 0.3 is 0 Å². The topological polar surface area (TPSA) is 61.4 Å². The normalized spacial score (nSPS) is 10.6. The predicted octanol–water partition coefficient (Wildman–Crippen LogP) is 3.41. The van der Waals surface area contributed by atoms with Crippen LogP contribution in [0, 0.1) is 0 Å². The van der Waals surface area contributed by atoms with Crippen molar-refractivity contribution in [2.75, 3.05) is 31.3 Å². The Morgan fingerprint density at radius 3 is 2.04 bits per heavy atom. The highest BCUT2D eigenvalue weighted by molar-refractivity contribution is 6.31. The summed E-state index contributed by atoms with van der Waals surface area (Å²) in [6, 6.07) is 14.6. The fourth-order valence-corrected chi connectivity index (χ4v) is 2.53. The lowest BCUT2D eigenvalue weighted by Gasteiger charge is -2.11. The van der Waals surface area contributed by atoms with Crippen molar-refractivity contribution in [3.05, 3.63) is 59.1 Å². The Bertz CT molecular complexity index is 730. The lowest BCUT2D eigenvalue weighted by molar-refractivity contribution is -0.117. The summed E-state index contributed by atoms with van der Waals surface area (Å²) < 4.78 is 0. The van der Waals surface area contributed by atoms with Gasteiger partial charge in [0, 0.05) is 22.8 Å². The van der Waals surface area contributed by atoms with Crippen molar-refractivity contribution in [2.45, 2.75) is 12.8 Å². The first-order valence-corrected chi connectivity index (χ1v) is 8.40. The number of anilines is 2. The molecule has 2 aromatic rings. The van der Waals surface area contributed by atoms with E-state index in [0.717, 1.165) is 5.56 Å². The van der Waals surface area contributed by atoms with Gasteiger partial charge in [0.1, 0.15) is 0 Å². The van der Waals surface area contributed by atoms with Crippen LogP contribution in [-0.2, 0) is 16.0 Å². The minimum Gasteiger partial charge on any atom is -0.326 e. The molecule has 0 aliphatic heterocycles. The second-order valence-electron chi connectivity index (χ2n) is 6.00. The number of halogens is 1. The Labute approximate surface area is 153 Å². The van der Waals surface area contributed by atoms with E-state index in [2.05, 4.69) is 10.6 Å². The van der Waals surface area contributed by atoms with Crippen LogP contribution in [0.4, 0.5) is 11.4 Å². The Morgan fingerprint density at radius 2 is 1.48 bits per heavy atom. The summed E-state index contributed by atoms with van der Waals surface area (Å²) in [5.41, 5.74) is 2.34. The lowest BCUT2D eigenvalue weighted by atomic mass is 10.1. The van der Waals surface area contributed by atoms with E-state index in [9.17, 15) is 9.59 Å². The van der Waals surface area contributed by atoms with E-state index in [0.29, 0.717) is 35.8 Å². The van der Waals surface area contributed by atoms with E-state index in [1.165, 1.54) is 0 Å². The molecule has 0 aliphatic carbocycles. The standard InChI is InChI=1S/C19H22ClN3O2/c1-23(2)13-19(25)22-16-10-8-15(9-11-16)21-18(24)12-7-14-5-3-4-6-17(14)20/h3-6,8-11H,7,12-13H2,1-2H3,(H,21,24)(H,22,25). The average molecular weight is 360 g/mol. The summed E-state index contributed by atoms with van der Waals surface area (Å²) in [6.07, 6.45) is 0.940. The number of nitrogens with one attached hydrogen (secondary N) is 2. The average Bonchev–Trinajstić information content (AvgIpc) is 2.55. The number of carbonyl (C=O) groups is 2. The van der Waals surface area contributed by atoms with Crippen LogP contribution in [0.2, 0.25) is 5.02 Å². The molecule has 25 heavy (non-hydrogen) atoms. The van der Waals surface area contributed by atoms with Crippen LogP contribution in [0.5, 0.6) is 0 Å². The molecule has 6 heteroatoms. The van der Waals surface area contributed by atoms with Crippen LogP contribution in [-0.4, -0.2) is 37.4 Å². The van der Waals surface area contributed by atoms with E-state index in [1.807, 2.05) is 38.4 Å². The van der Waals surface area contributed by atoms with E-state index >= 15 is 0 Å². The maximum atomic E-state index is 12.1. The minimum absolute atomic E-state index is 0.0793. The highest BCUT2D eigenvalue weighted by atomic mass is 35.5. The number of amides is 2. The van der Waals surface area contributed by atoms with E-state index < -0.39 is 0 Å². The van der Waals surface area contributed by atoms with Crippen LogP contribution < -0.4 is 10.6 Å². The monoisotopic (exact) mass is 359 g/mol. The van der Waals surface area contributed by atoms with Crippen molar-refractivity contribution in [2.24, 2.45) is 0 Å². The van der Waals surface area contributed by atoms with Gasteiger partial charge in [-0.15, -0.1) is 0 Å². The van der Waals surface area contributed by atoms with E-state index in [-0.39, 0.29) is 11.8 Å².